The van der Waals surface area contributed by atoms with E-state index in [1.807, 2.05) is 0 Å². The highest BCUT2D eigenvalue weighted by molar-refractivity contribution is 7.19. The summed E-state index contributed by atoms with van der Waals surface area (Å²) in [6, 6.07) is 1.73. The lowest BCUT2D eigenvalue weighted by Crippen LogP contribution is -2.23. The Morgan fingerprint density at radius 3 is 2.85 bits per heavy atom. The molecule has 0 bridgehead atoms. The molecule has 1 aliphatic rings. The lowest BCUT2D eigenvalue weighted by molar-refractivity contribution is -0.114. The highest BCUT2D eigenvalue weighted by Crippen LogP contribution is 2.38. The van der Waals surface area contributed by atoms with Crippen molar-refractivity contribution in [2.45, 2.75) is 19.3 Å². The van der Waals surface area contributed by atoms with Crippen molar-refractivity contribution in [3.63, 3.8) is 0 Å². The number of aryl methyl sites for hydroxylation is 2. The topological polar surface area (TPSA) is 66.9 Å². The van der Waals surface area contributed by atoms with Gasteiger partial charge in [-0.1, -0.05) is 0 Å². The van der Waals surface area contributed by atoms with Gasteiger partial charge in [-0.05, 0) is 37.0 Å². The smallest absolute Gasteiger partial charge is 0.243 e. The maximum absolute atomic E-state index is 13.6. The Balaban J connectivity index is 1.50. The molecular weight excluding hydrogens is 365 g/mol. The zero-order valence-corrected chi connectivity index (χ0v) is 14.2. The Morgan fingerprint density at radius 2 is 2.00 bits per heavy atom. The van der Waals surface area contributed by atoms with Gasteiger partial charge in [-0.15, -0.1) is 11.3 Å². The molecule has 0 unspecified atom stereocenters. The van der Waals surface area contributed by atoms with Gasteiger partial charge in [-0.3, -0.25) is 4.79 Å². The fraction of sp³-hybridized carbons (Fsp3) is 0.235. The number of fused-ring (bicyclic) bond motifs is 3. The molecule has 1 amide bonds. The molecule has 0 fully saturated rings. The number of thiophene rings is 1. The van der Waals surface area contributed by atoms with Crippen molar-refractivity contribution in [3.05, 3.63) is 46.4 Å². The van der Waals surface area contributed by atoms with Crippen LogP contribution in [0.2, 0.25) is 0 Å². The van der Waals surface area contributed by atoms with Gasteiger partial charge in [0.05, 0.1) is 17.6 Å². The number of nitrogens with zero attached hydrogens (tertiary/aromatic N) is 2. The first kappa shape index (κ1) is 16.8. The zero-order valence-electron chi connectivity index (χ0n) is 13.4. The molecule has 134 valence electrons. The maximum Gasteiger partial charge on any atom is 0.243 e. The predicted molar refractivity (Wildman–Crippen MR) is 92.9 cm³/mol. The first-order valence-electron chi connectivity index (χ1n) is 7.97. The van der Waals surface area contributed by atoms with E-state index >= 15 is 0 Å². The van der Waals surface area contributed by atoms with E-state index in [2.05, 4.69) is 20.6 Å². The van der Waals surface area contributed by atoms with Gasteiger partial charge < -0.3 is 10.6 Å². The molecule has 1 aromatic carbocycles. The minimum atomic E-state index is -1.62. The van der Waals surface area contributed by atoms with E-state index in [0.717, 1.165) is 41.6 Å². The summed E-state index contributed by atoms with van der Waals surface area (Å²) in [5.41, 5.74) is 0.792. The van der Waals surface area contributed by atoms with Gasteiger partial charge in [0.1, 0.15) is 17.0 Å². The number of aromatic nitrogens is 2. The minimum Gasteiger partial charge on any atom is -0.360 e. The van der Waals surface area contributed by atoms with Crippen molar-refractivity contribution in [2.75, 3.05) is 17.2 Å². The summed E-state index contributed by atoms with van der Waals surface area (Å²) in [6.07, 6.45) is 4.47. The molecule has 5 nitrogen and oxygen atoms in total. The summed E-state index contributed by atoms with van der Waals surface area (Å²) >= 11 is 1.62. The largest absolute Gasteiger partial charge is 0.360 e. The van der Waals surface area contributed by atoms with Crippen molar-refractivity contribution in [2.24, 2.45) is 0 Å². The number of carbonyl (C=O) groups excluding carboxylic acids is 1. The summed E-state index contributed by atoms with van der Waals surface area (Å²) in [7, 11) is 0. The highest BCUT2D eigenvalue weighted by Gasteiger charge is 2.21. The molecule has 1 aliphatic carbocycles. The Kier molecular flexibility index (Phi) is 4.23. The lowest BCUT2D eigenvalue weighted by Gasteiger charge is -2.09. The van der Waals surface area contributed by atoms with Gasteiger partial charge in [-0.2, -0.15) is 0 Å². The standard InChI is InChI=1S/C17H13F3N4OS/c18-9-4-5-10(15(20)14(9)19)24-12(25)6-21-16-13-8-2-1-3-11(8)26-17(13)23-7-22-16/h4-5,7H,1-3,6H2,(H,24,25)(H,21,22,23). The van der Waals surface area contributed by atoms with Crippen LogP contribution in [0.25, 0.3) is 10.2 Å². The number of hydrogen-bond donors (Lipinski definition) is 2. The number of hydrogen-bond acceptors (Lipinski definition) is 5. The quantitative estimate of drug-likeness (QED) is 0.680. The van der Waals surface area contributed by atoms with Gasteiger partial charge in [-0.25, -0.2) is 23.1 Å². The van der Waals surface area contributed by atoms with E-state index in [-0.39, 0.29) is 6.54 Å². The number of rotatable bonds is 4. The third-order valence-electron chi connectivity index (χ3n) is 4.23. The maximum atomic E-state index is 13.6. The number of carbonyl (C=O) groups is 1. The number of benzene rings is 1. The third kappa shape index (κ3) is 2.88. The summed E-state index contributed by atoms with van der Waals surface area (Å²) in [5, 5.41) is 6.05. The van der Waals surface area contributed by atoms with Gasteiger partial charge in [0.25, 0.3) is 0 Å². The first-order chi connectivity index (χ1) is 12.5. The van der Waals surface area contributed by atoms with Crippen LogP contribution in [0.4, 0.5) is 24.7 Å². The minimum absolute atomic E-state index is 0.199. The highest BCUT2D eigenvalue weighted by atomic mass is 32.1. The van der Waals surface area contributed by atoms with E-state index in [1.165, 1.54) is 16.8 Å². The molecule has 0 atom stereocenters. The zero-order chi connectivity index (χ0) is 18.3. The van der Waals surface area contributed by atoms with Crippen LogP contribution in [0.3, 0.4) is 0 Å². The number of anilines is 2. The molecule has 0 saturated carbocycles. The lowest BCUT2D eigenvalue weighted by atomic mass is 10.2. The normalized spacial score (nSPS) is 13.0. The van der Waals surface area contributed by atoms with Crippen LogP contribution in [0, 0.1) is 17.5 Å². The molecule has 2 N–H and O–H groups in total. The van der Waals surface area contributed by atoms with E-state index in [0.29, 0.717) is 5.82 Å². The van der Waals surface area contributed by atoms with Crippen LogP contribution in [-0.2, 0) is 17.6 Å². The molecule has 0 saturated heterocycles. The monoisotopic (exact) mass is 378 g/mol. The van der Waals surface area contributed by atoms with Gasteiger partial charge in [0.2, 0.25) is 5.91 Å². The Bertz CT molecular complexity index is 1020. The summed E-state index contributed by atoms with van der Waals surface area (Å²) in [4.78, 5) is 22.7. The van der Waals surface area contributed by atoms with Crippen molar-refractivity contribution in [1.82, 2.24) is 9.97 Å². The fourth-order valence-corrected chi connectivity index (χ4v) is 4.27. The average Bonchev–Trinajstić information content (AvgIpc) is 3.21. The van der Waals surface area contributed by atoms with Crippen LogP contribution in [0.1, 0.15) is 16.9 Å². The Labute approximate surface area is 150 Å². The molecule has 9 heteroatoms. The van der Waals surface area contributed by atoms with Crippen molar-refractivity contribution >= 4 is 39.0 Å². The summed E-state index contributed by atoms with van der Waals surface area (Å²) < 4.78 is 39.8. The molecular formula is C17H13F3N4OS. The molecule has 2 heterocycles. The van der Waals surface area contributed by atoms with Crippen LogP contribution in [0.15, 0.2) is 18.5 Å². The molecule has 0 radical (unpaired) electrons. The summed E-state index contributed by atoms with van der Waals surface area (Å²) in [6.45, 7) is -0.199. The van der Waals surface area contributed by atoms with E-state index in [1.54, 1.807) is 11.3 Å². The molecule has 26 heavy (non-hydrogen) atoms. The van der Waals surface area contributed by atoms with Crippen LogP contribution < -0.4 is 10.6 Å². The number of halogens is 3. The van der Waals surface area contributed by atoms with Crippen LogP contribution >= 0.6 is 11.3 Å². The second kappa shape index (κ2) is 6.56. The predicted octanol–water partition coefficient (Wildman–Crippen LogP) is 3.65. The van der Waals surface area contributed by atoms with Crippen molar-refractivity contribution in [3.8, 4) is 0 Å². The van der Waals surface area contributed by atoms with E-state index < -0.39 is 29.0 Å². The second-order valence-corrected chi connectivity index (χ2v) is 6.97. The molecule has 4 rings (SSSR count). The molecule has 3 aromatic rings. The van der Waals surface area contributed by atoms with Crippen molar-refractivity contribution < 1.29 is 18.0 Å². The Hall–Kier alpha value is -2.68. The van der Waals surface area contributed by atoms with Gasteiger partial charge in [0.15, 0.2) is 17.5 Å². The molecule has 2 aromatic heterocycles. The molecule has 0 aliphatic heterocycles. The summed E-state index contributed by atoms with van der Waals surface area (Å²) in [5.74, 6) is -4.43. The van der Waals surface area contributed by atoms with Crippen molar-refractivity contribution in [1.29, 1.82) is 0 Å². The van der Waals surface area contributed by atoms with Gasteiger partial charge >= 0.3 is 0 Å². The Morgan fingerprint density at radius 1 is 1.15 bits per heavy atom. The first-order valence-corrected chi connectivity index (χ1v) is 8.78. The number of nitrogens with one attached hydrogen (secondary N) is 2. The molecule has 0 spiro atoms. The van der Waals surface area contributed by atoms with E-state index in [9.17, 15) is 18.0 Å². The number of amides is 1. The second-order valence-electron chi connectivity index (χ2n) is 5.88. The average molecular weight is 378 g/mol. The van der Waals surface area contributed by atoms with Crippen LogP contribution in [-0.4, -0.2) is 22.4 Å². The van der Waals surface area contributed by atoms with E-state index in [4.69, 9.17) is 0 Å². The fourth-order valence-electron chi connectivity index (χ4n) is 3.04. The van der Waals surface area contributed by atoms with Gasteiger partial charge in [0, 0.05) is 4.88 Å². The SMILES string of the molecule is O=C(CNc1ncnc2sc3c(c12)CCC3)Nc1ccc(F)c(F)c1F. The van der Waals surface area contributed by atoms with Crippen LogP contribution in [0.5, 0.6) is 0 Å². The third-order valence-corrected chi connectivity index (χ3v) is 5.43.